The van der Waals surface area contributed by atoms with Crippen LogP contribution in [0.4, 0.5) is 5.82 Å². The molecule has 1 aromatic heterocycles. The fourth-order valence-corrected chi connectivity index (χ4v) is 1.97. The summed E-state index contributed by atoms with van der Waals surface area (Å²) in [7, 11) is -3.27. The number of amides is 1. The first-order chi connectivity index (χ1) is 9.56. The molecule has 1 aromatic rings. The largest absolute Gasteiger partial charge is 0.370 e. The van der Waals surface area contributed by atoms with Gasteiger partial charge in [0.05, 0.1) is 4.75 Å². The standard InChI is InChI=1S/C13H20ClN3O3S/c1-5-15-11-7-9(6-10(14)17-11)12(18)16-8-13(2,3)21(4,19)20/h6-7H,5,8H2,1-4H3,(H,15,17)(H,16,18). The molecule has 118 valence electrons. The number of nitrogens with zero attached hydrogens (tertiary/aromatic N) is 1. The highest BCUT2D eigenvalue weighted by molar-refractivity contribution is 7.92. The number of rotatable bonds is 6. The average molecular weight is 334 g/mol. The minimum Gasteiger partial charge on any atom is -0.370 e. The van der Waals surface area contributed by atoms with Crippen LogP contribution in [0.1, 0.15) is 31.1 Å². The molecule has 0 spiro atoms. The van der Waals surface area contributed by atoms with Crippen molar-refractivity contribution in [3.05, 3.63) is 22.8 Å². The molecule has 0 saturated heterocycles. The Hall–Kier alpha value is -1.34. The summed E-state index contributed by atoms with van der Waals surface area (Å²) in [5, 5.41) is 5.77. The van der Waals surface area contributed by atoms with Crippen molar-refractivity contribution in [2.45, 2.75) is 25.5 Å². The van der Waals surface area contributed by atoms with Gasteiger partial charge in [-0.15, -0.1) is 0 Å². The molecule has 0 bridgehead atoms. The molecular weight excluding hydrogens is 314 g/mol. The molecule has 1 heterocycles. The molecule has 21 heavy (non-hydrogen) atoms. The smallest absolute Gasteiger partial charge is 0.251 e. The minimum atomic E-state index is -3.27. The van der Waals surface area contributed by atoms with Gasteiger partial charge >= 0.3 is 0 Å². The van der Waals surface area contributed by atoms with Gasteiger partial charge in [0.2, 0.25) is 0 Å². The predicted octanol–water partition coefficient (Wildman–Crippen LogP) is 1.72. The number of pyridine rings is 1. The van der Waals surface area contributed by atoms with Crippen molar-refractivity contribution >= 4 is 33.2 Å². The summed E-state index contributed by atoms with van der Waals surface area (Å²) in [6.45, 7) is 5.69. The van der Waals surface area contributed by atoms with Crippen LogP contribution < -0.4 is 10.6 Å². The van der Waals surface area contributed by atoms with Gasteiger partial charge in [-0.05, 0) is 32.9 Å². The topological polar surface area (TPSA) is 88.2 Å². The summed E-state index contributed by atoms with van der Waals surface area (Å²) in [5.74, 6) is 0.104. The molecule has 0 unspecified atom stereocenters. The summed E-state index contributed by atoms with van der Waals surface area (Å²) in [5.41, 5.74) is 0.329. The Morgan fingerprint density at radius 3 is 2.52 bits per heavy atom. The fourth-order valence-electron chi connectivity index (χ4n) is 1.43. The molecule has 1 amide bonds. The maximum atomic E-state index is 12.1. The zero-order valence-corrected chi connectivity index (χ0v) is 14.1. The summed E-state index contributed by atoms with van der Waals surface area (Å²) in [6, 6.07) is 3.00. The zero-order chi connectivity index (χ0) is 16.3. The van der Waals surface area contributed by atoms with E-state index in [9.17, 15) is 13.2 Å². The Kier molecular flexibility index (Phi) is 5.58. The van der Waals surface area contributed by atoms with Gasteiger partial charge in [0.15, 0.2) is 9.84 Å². The second kappa shape index (κ2) is 6.62. The number of carbonyl (C=O) groups is 1. The second-order valence-corrected chi connectivity index (χ2v) is 8.35. The van der Waals surface area contributed by atoms with E-state index in [0.717, 1.165) is 6.26 Å². The van der Waals surface area contributed by atoms with Gasteiger partial charge in [-0.2, -0.15) is 0 Å². The number of halogens is 1. The number of anilines is 1. The van der Waals surface area contributed by atoms with E-state index in [-0.39, 0.29) is 11.7 Å². The van der Waals surface area contributed by atoms with Crippen molar-refractivity contribution < 1.29 is 13.2 Å². The lowest BCUT2D eigenvalue weighted by Gasteiger charge is -2.22. The van der Waals surface area contributed by atoms with Crippen LogP contribution in [0.2, 0.25) is 5.15 Å². The second-order valence-electron chi connectivity index (χ2n) is 5.31. The third-order valence-electron chi connectivity index (χ3n) is 3.09. The van der Waals surface area contributed by atoms with Gasteiger partial charge in [0, 0.05) is 24.9 Å². The van der Waals surface area contributed by atoms with Crippen molar-refractivity contribution in [1.82, 2.24) is 10.3 Å². The molecule has 0 aliphatic rings. The quantitative estimate of drug-likeness (QED) is 0.774. The maximum absolute atomic E-state index is 12.1. The third-order valence-corrected chi connectivity index (χ3v) is 5.44. The molecule has 2 N–H and O–H groups in total. The van der Waals surface area contributed by atoms with E-state index in [2.05, 4.69) is 15.6 Å². The molecule has 1 rings (SSSR count). The van der Waals surface area contributed by atoms with Gasteiger partial charge in [0.25, 0.3) is 5.91 Å². The van der Waals surface area contributed by atoms with E-state index >= 15 is 0 Å². The number of sulfone groups is 1. The monoisotopic (exact) mass is 333 g/mol. The number of nitrogens with one attached hydrogen (secondary N) is 2. The van der Waals surface area contributed by atoms with Crippen LogP contribution in [0.5, 0.6) is 0 Å². The van der Waals surface area contributed by atoms with Gasteiger partial charge in [-0.25, -0.2) is 13.4 Å². The van der Waals surface area contributed by atoms with Crippen molar-refractivity contribution in [3.8, 4) is 0 Å². The Morgan fingerprint density at radius 2 is 2.00 bits per heavy atom. The maximum Gasteiger partial charge on any atom is 0.251 e. The molecular formula is C13H20ClN3O3S. The molecule has 0 aliphatic heterocycles. The highest BCUT2D eigenvalue weighted by Crippen LogP contribution is 2.16. The van der Waals surface area contributed by atoms with E-state index in [1.54, 1.807) is 19.9 Å². The predicted molar refractivity (Wildman–Crippen MR) is 84.7 cm³/mol. The number of carbonyl (C=O) groups excluding carboxylic acids is 1. The third kappa shape index (κ3) is 4.86. The van der Waals surface area contributed by atoms with E-state index in [4.69, 9.17) is 11.6 Å². The first kappa shape index (κ1) is 17.7. The molecule has 0 fully saturated rings. The summed E-state index contributed by atoms with van der Waals surface area (Å²) < 4.78 is 22.2. The van der Waals surface area contributed by atoms with Crippen molar-refractivity contribution in [1.29, 1.82) is 0 Å². The molecule has 0 aromatic carbocycles. The molecule has 0 atom stereocenters. The molecule has 0 saturated carbocycles. The van der Waals surface area contributed by atoms with Crippen LogP contribution in [0.25, 0.3) is 0 Å². The van der Waals surface area contributed by atoms with E-state index in [0.29, 0.717) is 17.9 Å². The van der Waals surface area contributed by atoms with Crippen LogP contribution in [0, 0.1) is 0 Å². The number of aromatic nitrogens is 1. The molecule has 0 radical (unpaired) electrons. The summed E-state index contributed by atoms with van der Waals surface area (Å²) >= 11 is 5.87. The number of hydrogen-bond donors (Lipinski definition) is 2. The Bertz CT molecular complexity index is 630. The van der Waals surface area contributed by atoms with Crippen LogP contribution in [0.3, 0.4) is 0 Å². The lowest BCUT2D eigenvalue weighted by atomic mass is 10.2. The van der Waals surface area contributed by atoms with E-state index < -0.39 is 20.5 Å². The van der Waals surface area contributed by atoms with Crippen LogP contribution in [0.15, 0.2) is 12.1 Å². The Morgan fingerprint density at radius 1 is 1.38 bits per heavy atom. The lowest BCUT2D eigenvalue weighted by molar-refractivity contribution is 0.0950. The van der Waals surface area contributed by atoms with Gasteiger partial charge in [-0.1, -0.05) is 11.6 Å². The normalized spacial score (nSPS) is 12.0. The van der Waals surface area contributed by atoms with Gasteiger partial charge < -0.3 is 10.6 Å². The van der Waals surface area contributed by atoms with Crippen molar-refractivity contribution in [2.75, 3.05) is 24.7 Å². The van der Waals surface area contributed by atoms with E-state index in [1.807, 2.05) is 6.92 Å². The first-order valence-electron chi connectivity index (χ1n) is 6.46. The fraction of sp³-hybridized carbons (Fsp3) is 0.538. The summed E-state index contributed by atoms with van der Waals surface area (Å²) in [6.07, 6.45) is 1.14. The first-order valence-corrected chi connectivity index (χ1v) is 8.73. The van der Waals surface area contributed by atoms with Crippen LogP contribution >= 0.6 is 11.6 Å². The minimum absolute atomic E-state index is 0.0150. The summed E-state index contributed by atoms with van der Waals surface area (Å²) in [4.78, 5) is 16.1. The molecule has 6 nitrogen and oxygen atoms in total. The van der Waals surface area contributed by atoms with Crippen LogP contribution in [-0.4, -0.2) is 43.4 Å². The molecule has 8 heteroatoms. The van der Waals surface area contributed by atoms with E-state index in [1.165, 1.54) is 6.07 Å². The van der Waals surface area contributed by atoms with Crippen LogP contribution in [-0.2, 0) is 9.84 Å². The van der Waals surface area contributed by atoms with Gasteiger partial charge in [0.1, 0.15) is 11.0 Å². The van der Waals surface area contributed by atoms with Gasteiger partial charge in [-0.3, -0.25) is 4.79 Å². The lowest BCUT2D eigenvalue weighted by Crippen LogP contribution is -2.43. The Balaban J connectivity index is 2.86. The zero-order valence-electron chi connectivity index (χ0n) is 12.5. The highest BCUT2D eigenvalue weighted by atomic mass is 35.5. The average Bonchev–Trinajstić information content (AvgIpc) is 2.34. The van der Waals surface area contributed by atoms with Crippen molar-refractivity contribution in [2.24, 2.45) is 0 Å². The molecule has 0 aliphatic carbocycles. The van der Waals surface area contributed by atoms with Crippen molar-refractivity contribution in [3.63, 3.8) is 0 Å². The highest BCUT2D eigenvalue weighted by Gasteiger charge is 2.30. The Labute approximate surface area is 130 Å². The number of hydrogen-bond acceptors (Lipinski definition) is 5. The SMILES string of the molecule is CCNc1cc(C(=O)NCC(C)(C)S(C)(=O)=O)cc(Cl)n1.